The summed E-state index contributed by atoms with van der Waals surface area (Å²) in [7, 11) is 0. The predicted octanol–water partition coefficient (Wildman–Crippen LogP) is -0.158. The van der Waals surface area contributed by atoms with Crippen LogP contribution in [-0.4, -0.2) is 23.6 Å². The Morgan fingerprint density at radius 3 is 2.13 bits per heavy atom. The van der Waals surface area contributed by atoms with Gasteiger partial charge in [-0.25, -0.2) is 9.59 Å². The minimum Gasteiger partial charge on any atom is -0.419 e. The van der Waals surface area contributed by atoms with Gasteiger partial charge >= 0.3 is 11.9 Å². The van der Waals surface area contributed by atoms with E-state index >= 15 is 0 Å². The van der Waals surface area contributed by atoms with Crippen molar-refractivity contribution in [2.45, 2.75) is 26.6 Å². The summed E-state index contributed by atoms with van der Waals surface area (Å²) in [6.45, 7) is 4.14. The molecular formula is C9H11NO5. The first kappa shape index (κ1) is 11.2. The molecular weight excluding hydrogens is 202 g/mol. The summed E-state index contributed by atoms with van der Waals surface area (Å²) in [5, 5.41) is 2.20. The van der Waals surface area contributed by atoms with E-state index in [1.807, 2.05) is 0 Å². The molecule has 0 saturated carbocycles. The smallest absolute Gasteiger partial charge is 0.350 e. The minimum atomic E-state index is -1.26. The van der Waals surface area contributed by atoms with Crippen molar-refractivity contribution in [3.63, 3.8) is 0 Å². The zero-order valence-corrected chi connectivity index (χ0v) is 8.62. The highest BCUT2D eigenvalue weighted by molar-refractivity contribution is 6.15. The van der Waals surface area contributed by atoms with Crippen LogP contribution in [0.3, 0.4) is 0 Å². The van der Waals surface area contributed by atoms with Gasteiger partial charge in [-0.1, -0.05) is 0 Å². The van der Waals surface area contributed by atoms with E-state index in [0.717, 1.165) is 6.20 Å². The van der Waals surface area contributed by atoms with E-state index < -0.39 is 23.6 Å². The highest BCUT2D eigenvalue weighted by Crippen LogP contribution is 2.21. The molecule has 0 aliphatic carbocycles. The summed E-state index contributed by atoms with van der Waals surface area (Å²) >= 11 is 0. The molecule has 0 unspecified atom stereocenters. The summed E-state index contributed by atoms with van der Waals surface area (Å²) in [5.41, 5.74) is -0.329. The molecule has 0 spiro atoms. The van der Waals surface area contributed by atoms with Gasteiger partial charge in [0.1, 0.15) is 0 Å². The Morgan fingerprint density at radius 1 is 1.27 bits per heavy atom. The Bertz CT molecular complexity index is 334. The van der Waals surface area contributed by atoms with Crippen molar-refractivity contribution in [2.24, 2.45) is 0 Å². The second-order valence-corrected chi connectivity index (χ2v) is 3.44. The number of carbonyl (C=O) groups excluding carboxylic acids is 3. The fourth-order valence-corrected chi connectivity index (χ4v) is 0.952. The van der Waals surface area contributed by atoms with E-state index in [0.29, 0.717) is 0 Å². The standard InChI is InChI=1S/C9H11NO5/c1-5(11)10-4-6-7(12)14-9(2,3)15-8(6)13/h4H,1-3H3,(H,10,11). The van der Waals surface area contributed by atoms with Gasteiger partial charge in [-0.2, -0.15) is 0 Å². The second-order valence-electron chi connectivity index (χ2n) is 3.44. The van der Waals surface area contributed by atoms with Gasteiger partial charge in [-0.15, -0.1) is 0 Å². The topological polar surface area (TPSA) is 81.7 Å². The van der Waals surface area contributed by atoms with E-state index in [-0.39, 0.29) is 5.57 Å². The van der Waals surface area contributed by atoms with E-state index in [2.05, 4.69) is 5.32 Å². The molecule has 1 aliphatic heterocycles. The van der Waals surface area contributed by atoms with Gasteiger partial charge in [0.25, 0.3) is 5.79 Å². The highest BCUT2D eigenvalue weighted by Gasteiger charge is 2.38. The lowest BCUT2D eigenvalue weighted by atomic mass is 10.2. The van der Waals surface area contributed by atoms with Gasteiger partial charge in [0, 0.05) is 27.0 Å². The molecule has 82 valence electrons. The number of esters is 2. The lowest BCUT2D eigenvalue weighted by Crippen LogP contribution is -2.42. The van der Waals surface area contributed by atoms with Crippen molar-refractivity contribution < 1.29 is 23.9 Å². The van der Waals surface area contributed by atoms with Crippen molar-refractivity contribution in [1.29, 1.82) is 0 Å². The minimum absolute atomic E-state index is 0.329. The lowest BCUT2D eigenvalue weighted by molar-refractivity contribution is -0.222. The third-order valence-electron chi connectivity index (χ3n) is 1.54. The SMILES string of the molecule is CC(=O)NC=C1C(=O)OC(C)(C)OC1=O. The maximum Gasteiger partial charge on any atom is 0.350 e. The van der Waals surface area contributed by atoms with Crippen LogP contribution in [0.2, 0.25) is 0 Å². The van der Waals surface area contributed by atoms with Crippen LogP contribution in [0.5, 0.6) is 0 Å². The van der Waals surface area contributed by atoms with Gasteiger partial charge in [0.05, 0.1) is 0 Å². The fourth-order valence-electron chi connectivity index (χ4n) is 0.952. The zero-order chi connectivity index (χ0) is 11.6. The second kappa shape index (κ2) is 3.72. The number of amides is 1. The third kappa shape index (κ3) is 2.80. The largest absolute Gasteiger partial charge is 0.419 e. The third-order valence-corrected chi connectivity index (χ3v) is 1.54. The van der Waals surface area contributed by atoms with Gasteiger partial charge in [-0.05, 0) is 0 Å². The molecule has 0 aromatic rings. The summed E-state index contributed by atoms with van der Waals surface area (Å²) < 4.78 is 9.57. The molecule has 1 aliphatic rings. The maximum absolute atomic E-state index is 11.3. The molecule has 1 saturated heterocycles. The van der Waals surface area contributed by atoms with Gasteiger partial charge < -0.3 is 14.8 Å². The number of carbonyl (C=O) groups is 3. The Morgan fingerprint density at radius 2 is 1.73 bits per heavy atom. The van der Waals surface area contributed by atoms with Gasteiger partial charge in [-0.3, -0.25) is 4.79 Å². The van der Waals surface area contributed by atoms with Crippen molar-refractivity contribution in [3.8, 4) is 0 Å². The van der Waals surface area contributed by atoms with Crippen molar-refractivity contribution in [1.82, 2.24) is 5.32 Å². The summed E-state index contributed by atoms with van der Waals surface area (Å²) in [6.07, 6.45) is 0.974. The van der Waals surface area contributed by atoms with Crippen LogP contribution >= 0.6 is 0 Å². The van der Waals surface area contributed by atoms with E-state index in [4.69, 9.17) is 9.47 Å². The molecule has 0 aromatic carbocycles. The Hall–Kier alpha value is -1.85. The average molecular weight is 213 g/mol. The number of rotatable bonds is 1. The molecule has 6 nitrogen and oxygen atoms in total. The number of ether oxygens (including phenoxy) is 2. The number of hydrogen-bond acceptors (Lipinski definition) is 5. The highest BCUT2D eigenvalue weighted by atomic mass is 16.7. The molecule has 6 heteroatoms. The maximum atomic E-state index is 11.3. The van der Waals surface area contributed by atoms with Crippen molar-refractivity contribution >= 4 is 17.8 Å². The monoisotopic (exact) mass is 213 g/mol. The Balaban J connectivity index is 2.84. The Kier molecular flexibility index (Phi) is 2.78. The van der Waals surface area contributed by atoms with Crippen molar-refractivity contribution in [2.75, 3.05) is 0 Å². The number of cyclic esters (lactones) is 2. The molecule has 1 fully saturated rings. The number of hydrogen-bond donors (Lipinski definition) is 1. The van der Waals surface area contributed by atoms with Crippen molar-refractivity contribution in [3.05, 3.63) is 11.8 Å². The molecule has 1 N–H and O–H groups in total. The normalized spacial score (nSPS) is 19.0. The van der Waals surface area contributed by atoms with E-state index in [1.54, 1.807) is 0 Å². The van der Waals surface area contributed by atoms with Crippen LogP contribution in [0, 0.1) is 0 Å². The summed E-state index contributed by atoms with van der Waals surface area (Å²) in [4.78, 5) is 33.1. The molecule has 1 heterocycles. The van der Waals surface area contributed by atoms with Crippen LogP contribution in [0.1, 0.15) is 20.8 Å². The average Bonchev–Trinajstić information content (AvgIpc) is 1.98. The molecule has 0 aromatic heterocycles. The van der Waals surface area contributed by atoms with E-state index in [1.165, 1.54) is 20.8 Å². The number of nitrogens with one attached hydrogen (secondary N) is 1. The lowest BCUT2D eigenvalue weighted by Gasteiger charge is -2.29. The quantitative estimate of drug-likeness (QED) is 0.372. The van der Waals surface area contributed by atoms with Crippen LogP contribution in [0.25, 0.3) is 0 Å². The predicted molar refractivity (Wildman–Crippen MR) is 48.2 cm³/mol. The first-order valence-electron chi connectivity index (χ1n) is 4.26. The van der Waals surface area contributed by atoms with Crippen LogP contribution in [0.15, 0.2) is 11.8 Å². The zero-order valence-electron chi connectivity index (χ0n) is 8.62. The first-order valence-corrected chi connectivity index (χ1v) is 4.26. The van der Waals surface area contributed by atoms with Gasteiger partial charge in [0.15, 0.2) is 5.57 Å². The molecule has 0 bridgehead atoms. The molecule has 1 amide bonds. The van der Waals surface area contributed by atoms with E-state index in [9.17, 15) is 14.4 Å². The van der Waals surface area contributed by atoms with Crippen LogP contribution < -0.4 is 5.32 Å². The molecule has 0 radical (unpaired) electrons. The first-order chi connectivity index (χ1) is 6.82. The van der Waals surface area contributed by atoms with Crippen LogP contribution in [0.4, 0.5) is 0 Å². The van der Waals surface area contributed by atoms with Crippen LogP contribution in [-0.2, 0) is 23.9 Å². The summed E-state index contributed by atoms with van der Waals surface area (Å²) in [5.74, 6) is -3.29. The summed E-state index contributed by atoms with van der Waals surface area (Å²) in [6, 6.07) is 0. The fraction of sp³-hybridized carbons (Fsp3) is 0.444. The Labute approximate surface area is 86.2 Å². The molecule has 0 atom stereocenters. The van der Waals surface area contributed by atoms with Gasteiger partial charge in [0.2, 0.25) is 5.91 Å². The molecule has 15 heavy (non-hydrogen) atoms. The molecule has 1 rings (SSSR count).